The van der Waals surface area contributed by atoms with Gasteiger partial charge in [-0.1, -0.05) is 6.07 Å². The van der Waals surface area contributed by atoms with Crippen molar-refractivity contribution in [3.05, 3.63) is 33.4 Å². The molecule has 1 aromatic rings. The van der Waals surface area contributed by atoms with Crippen molar-refractivity contribution in [2.75, 3.05) is 19.8 Å². The molecule has 1 amide bonds. The first-order chi connectivity index (χ1) is 8.25. The fourth-order valence-corrected chi connectivity index (χ4v) is 2.46. The van der Waals surface area contributed by atoms with E-state index in [4.69, 9.17) is 4.74 Å². The van der Waals surface area contributed by atoms with E-state index in [9.17, 15) is 4.79 Å². The van der Waals surface area contributed by atoms with E-state index in [0.717, 1.165) is 41.7 Å². The maximum absolute atomic E-state index is 11.9. The fourth-order valence-electron chi connectivity index (χ4n) is 1.92. The number of ether oxygens (including phenoxy) is 1. The summed E-state index contributed by atoms with van der Waals surface area (Å²) in [6, 6.07) is 7.64. The number of benzene rings is 1. The Bertz CT molecular complexity index is 389. The first-order valence-electron chi connectivity index (χ1n) is 5.87. The molecule has 92 valence electrons. The average Bonchev–Trinajstić information content (AvgIpc) is 2.37. The van der Waals surface area contributed by atoms with Gasteiger partial charge in [-0.25, -0.2) is 0 Å². The number of hydrogen-bond acceptors (Lipinski definition) is 2. The van der Waals surface area contributed by atoms with Gasteiger partial charge in [-0.15, -0.1) is 0 Å². The van der Waals surface area contributed by atoms with Crippen molar-refractivity contribution >= 4 is 28.5 Å². The summed E-state index contributed by atoms with van der Waals surface area (Å²) < 4.78 is 6.38. The lowest BCUT2D eigenvalue weighted by atomic mass is 10.0. The van der Waals surface area contributed by atoms with Crippen LogP contribution in [0.2, 0.25) is 0 Å². The molecule has 0 aliphatic carbocycles. The number of hydrogen-bond donors (Lipinski definition) is 1. The van der Waals surface area contributed by atoms with E-state index >= 15 is 0 Å². The number of nitrogens with one attached hydrogen (secondary N) is 1. The summed E-state index contributed by atoms with van der Waals surface area (Å²) in [5.41, 5.74) is 0.740. The number of amides is 1. The van der Waals surface area contributed by atoms with E-state index in [1.165, 1.54) is 0 Å². The highest BCUT2D eigenvalue weighted by molar-refractivity contribution is 14.1. The van der Waals surface area contributed by atoms with Crippen molar-refractivity contribution in [3.63, 3.8) is 0 Å². The zero-order valence-corrected chi connectivity index (χ0v) is 11.8. The third-order valence-corrected chi connectivity index (χ3v) is 3.65. The molecule has 0 spiro atoms. The SMILES string of the molecule is O=C(NCC1CCOCC1)c1cccc(I)c1. The minimum Gasteiger partial charge on any atom is -0.381 e. The van der Waals surface area contributed by atoms with Crippen molar-refractivity contribution in [1.29, 1.82) is 0 Å². The first-order valence-corrected chi connectivity index (χ1v) is 6.95. The van der Waals surface area contributed by atoms with E-state index in [-0.39, 0.29) is 5.91 Å². The monoisotopic (exact) mass is 345 g/mol. The van der Waals surface area contributed by atoms with Gasteiger partial charge in [0.25, 0.3) is 5.91 Å². The number of rotatable bonds is 3. The van der Waals surface area contributed by atoms with Crippen LogP contribution >= 0.6 is 22.6 Å². The van der Waals surface area contributed by atoms with Gasteiger partial charge in [0.15, 0.2) is 0 Å². The maximum atomic E-state index is 11.9. The number of carbonyl (C=O) groups excluding carboxylic acids is 1. The summed E-state index contributed by atoms with van der Waals surface area (Å²) in [5.74, 6) is 0.588. The molecule has 1 heterocycles. The van der Waals surface area contributed by atoms with Gasteiger partial charge in [0.2, 0.25) is 0 Å². The van der Waals surface area contributed by atoms with Crippen molar-refractivity contribution in [2.45, 2.75) is 12.8 Å². The number of carbonyl (C=O) groups is 1. The molecule has 0 radical (unpaired) electrons. The van der Waals surface area contributed by atoms with Gasteiger partial charge in [-0.3, -0.25) is 4.79 Å². The molecule has 17 heavy (non-hydrogen) atoms. The predicted octanol–water partition coefficient (Wildman–Crippen LogP) is 2.45. The van der Waals surface area contributed by atoms with E-state index in [2.05, 4.69) is 27.9 Å². The Balaban J connectivity index is 1.84. The molecule has 0 atom stereocenters. The van der Waals surface area contributed by atoms with Crippen molar-refractivity contribution in [3.8, 4) is 0 Å². The highest BCUT2D eigenvalue weighted by Crippen LogP contribution is 2.14. The molecule has 0 bridgehead atoms. The Hall–Kier alpha value is -0.620. The van der Waals surface area contributed by atoms with Gasteiger partial charge in [-0.2, -0.15) is 0 Å². The molecule has 0 saturated carbocycles. The molecule has 0 aromatic heterocycles. The molecule has 1 aromatic carbocycles. The number of halogens is 1. The second-order valence-electron chi connectivity index (χ2n) is 4.28. The Morgan fingerprint density at radius 1 is 1.41 bits per heavy atom. The van der Waals surface area contributed by atoms with Crippen LogP contribution in [0.3, 0.4) is 0 Å². The van der Waals surface area contributed by atoms with Gasteiger partial charge in [0.05, 0.1) is 0 Å². The summed E-state index contributed by atoms with van der Waals surface area (Å²) in [4.78, 5) is 11.9. The smallest absolute Gasteiger partial charge is 0.251 e. The minimum absolute atomic E-state index is 0.0232. The lowest BCUT2D eigenvalue weighted by Crippen LogP contribution is -2.32. The maximum Gasteiger partial charge on any atom is 0.251 e. The molecule has 1 aliphatic rings. The van der Waals surface area contributed by atoms with Crippen LogP contribution in [0.1, 0.15) is 23.2 Å². The average molecular weight is 345 g/mol. The predicted molar refractivity (Wildman–Crippen MR) is 75.0 cm³/mol. The molecule has 4 heteroatoms. The van der Waals surface area contributed by atoms with Crippen LogP contribution in [-0.4, -0.2) is 25.7 Å². The van der Waals surface area contributed by atoms with Crippen LogP contribution in [0.4, 0.5) is 0 Å². The highest BCUT2D eigenvalue weighted by Gasteiger charge is 2.15. The van der Waals surface area contributed by atoms with Crippen LogP contribution in [0.5, 0.6) is 0 Å². The van der Waals surface area contributed by atoms with Crippen LogP contribution in [-0.2, 0) is 4.74 Å². The van der Waals surface area contributed by atoms with Gasteiger partial charge >= 0.3 is 0 Å². The van der Waals surface area contributed by atoms with Gasteiger partial charge in [-0.05, 0) is 59.5 Å². The van der Waals surface area contributed by atoms with Crippen molar-refractivity contribution in [1.82, 2.24) is 5.32 Å². The topological polar surface area (TPSA) is 38.3 Å². The standard InChI is InChI=1S/C13H16INO2/c14-12-3-1-2-11(8-12)13(16)15-9-10-4-6-17-7-5-10/h1-3,8,10H,4-7,9H2,(H,15,16). The van der Waals surface area contributed by atoms with E-state index < -0.39 is 0 Å². The summed E-state index contributed by atoms with van der Waals surface area (Å²) in [6.45, 7) is 2.40. The quantitative estimate of drug-likeness (QED) is 0.855. The molecule has 1 N–H and O–H groups in total. The molecule has 2 rings (SSSR count). The van der Waals surface area contributed by atoms with Gasteiger partial charge in [0, 0.05) is 28.9 Å². The molecule has 1 saturated heterocycles. The molecular weight excluding hydrogens is 329 g/mol. The second kappa shape index (κ2) is 6.35. The summed E-state index contributed by atoms with van der Waals surface area (Å²) in [6.07, 6.45) is 2.10. The van der Waals surface area contributed by atoms with E-state index in [0.29, 0.717) is 5.92 Å². The molecule has 0 unspecified atom stereocenters. The van der Waals surface area contributed by atoms with Crippen LogP contribution in [0.25, 0.3) is 0 Å². The summed E-state index contributed by atoms with van der Waals surface area (Å²) in [5, 5.41) is 3.00. The van der Waals surface area contributed by atoms with Gasteiger partial charge in [0.1, 0.15) is 0 Å². The Kier molecular flexibility index (Phi) is 4.79. The van der Waals surface area contributed by atoms with Crippen molar-refractivity contribution < 1.29 is 9.53 Å². The lowest BCUT2D eigenvalue weighted by molar-refractivity contribution is 0.0642. The first kappa shape index (κ1) is 12.8. The Morgan fingerprint density at radius 2 is 2.18 bits per heavy atom. The van der Waals surface area contributed by atoms with Crippen LogP contribution in [0, 0.1) is 9.49 Å². The summed E-state index contributed by atoms with van der Waals surface area (Å²) in [7, 11) is 0. The van der Waals surface area contributed by atoms with Gasteiger partial charge < -0.3 is 10.1 Å². The molecule has 3 nitrogen and oxygen atoms in total. The normalized spacial score (nSPS) is 16.8. The Morgan fingerprint density at radius 3 is 2.88 bits per heavy atom. The Labute approximate surface area is 115 Å². The fraction of sp³-hybridized carbons (Fsp3) is 0.462. The second-order valence-corrected chi connectivity index (χ2v) is 5.52. The van der Waals surface area contributed by atoms with E-state index in [1.807, 2.05) is 24.3 Å². The molecule has 1 fully saturated rings. The lowest BCUT2D eigenvalue weighted by Gasteiger charge is -2.22. The molecule has 1 aliphatic heterocycles. The van der Waals surface area contributed by atoms with E-state index in [1.54, 1.807) is 0 Å². The van der Waals surface area contributed by atoms with Crippen molar-refractivity contribution in [2.24, 2.45) is 5.92 Å². The third-order valence-electron chi connectivity index (χ3n) is 2.98. The third kappa shape index (κ3) is 3.96. The van der Waals surface area contributed by atoms with Crippen LogP contribution in [0.15, 0.2) is 24.3 Å². The molecular formula is C13H16INO2. The minimum atomic E-state index is 0.0232. The summed E-state index contributed by atoms with van der Waals surface area (Å²) >= 11 is 2.21. The highest BCUT2D eigenvalue weighted by atomic mass is 127. The largest absolute Gasteiger partial charge is 0.381 e. The van der Waals surface area contributed by atoms with Crippen LogP contribution < -0.4 is 5.32 Å². The zero-order valence-electron chi connectivity index (χ0n) is 9.62. The zero-order chi connectivity index (χ0) is 12.1.